The van der Waals surface area contributed by atoms with Gasteiger partial charge >= 0.3 is 0 Å². The maximum absolute atomic E-state index is 8.75. The van der Waals surface area contributed by atoms with Crippen LogP contribution in [0.3, 0.4) is 0 Å². The van der Waals surface area contributed by atoms with E-state index >= 15 is 0 Å². The summed E-state index contributed by atoms with van der Waals surface area (Å²) in [7, 11) is 0. The summed E-state index contributed by atoms with van der Waals surface area (Å²) < 4.78 is 0. The number of anilines is 1. The monoisotopic (exact) mass is 263 g/mol. The Morgan fingerprint density at radius 3 is 2.79 bits per heavy atom. The van der Waals surface area contributed by atoms with Crippen LogP contribution >= 0.6 is 0 Å². The minimum Gasteiger partial charge on any atom is -0.409 e. The summed E-state index contributed by atoms with van der Waals surface area (Å²) in [6.07, 6.45) is 1.14. The Hall–Kier alpha value is -1.85. The first-order valence-electron chi connectivity index (χ1n) is 6.59. The molecule has 1 aliphatic heterocycles. The molecule has 0 spiro atoms. The van der Waals surface area contributed by atoms with Gasteiger partial charge in [0.15, 0.2) is 5.84 Å². The van der Waals surface area contributed by atoms with Gasteiger partial charge in [0.05, 0.1) is 0 Å². The van der Waals surface area contributed by atoms with E-state index in [9.17, 15) is 0 Å². The fraction of sp³-hybridized carbons (Fsp3) is 0.615. The second kappa shape index (κ2) is 5.42. The fourth-order valence-electron chi connectivity index (χ4n) is 2.32. The number of hydrogen-bond acceptors (Lipinski definition) is 5. The van der Waals surface area contributed by atoms with E-state index in [-0.39, 0.29) is 5.84 Å². The Morgan fingerprint density at radius 2 is 2.16 bits per heavy atom. The second-order valence-electron chi connectivity index (χ2n) is 5.37. The molecule has 1 aliphatic rings. The van der Waals surface area contributed by atoms with E-state index in [4.69, 9.17) is 10.9 Å². The number of rotatable bonds is 2. The van der Waals surface area contributed by atoms with Crippen LogP contribution in [0, 0.1) is 18.8 Å². The predicted molar refractivity (Wildman–Crippen MR) is 74.4 cm³/mol. The van der Waals surface area contributed by atoms with Crippen LogP contribution in [-0.2, 0) is 0 Å². The zero-order valence-corrected chi connectivity index (χ0v) is 11.7. The van der Waals surface area contributed by atoms with Crippen molar-refractivity contribution in [1.82, 2.24) is 9.97 Å². The molecule has 0 bridgehead atoms. The van der Waals surface area contributed by atoms with E-state index in [0.717, 1.165) is 31.1 Å². The summed E-state index contributed by atoms with van der Waals surface area (Å²) in [6, 6.07) is 1.72. The summed E-state index contributed by atoms with van der Waals surface area (Å²) in [5.41, 5.74) is 6.89. The molecule has 1 saturated heterocycles. The summed E-state index contributed by atoms with van der Waals surface area (Å²) in [4.78, 5) is 11.0. The van der Waals surface area contributed by atoms with Crippen LogP contribution in [0.25, 0.3) is 0 Å². The highest BCUT2D eigenvalue weighted by molar-refractivity contribution is 5.95. The summed E-state index contributed by atoms with van der Waals surface area (Å²) in [5, 5.41) is 11.7. The maximum Gasteiger partial charge on any atom is 0.226 e. The minimum atomic E-state index is 0.0187. The lowest BCUT2D eigenvalue weighted by Gasteiger charge is -2.35. The van der Waals surface area contributed by atoms with E-state index in [1.54, 1.807) is 6.07 Å². The molecular formula is C13H21N5O. The molecule has 104 valence electrons. The van der Waals surface area contributed by atoms with Crippen LogP contribution in [0.1, 0.15) is 31.7 Å². The molecule has 2 unspecified atom stereocenters. The third-order valence-corrected chi connectivity index (χ3v) is 3.83. The van der Waals surface area contributed by atoms with E-state index in [1.807, 2.05) is 6.92 Å². The van der Waals surface area contributed by atoms with Gasteiger partial charge in [0, 0.05) is 18.8 Å². The van der Waals surface area contributed by atoms with Crippen LogP contribution in [0.4, 0.5) is 5.95 Å². The summed E-state index contributed by atoms with van der Waals surface area (Å²) in [5.74, 6) is 2.03. The molecule has 1 aromatic rings. The number of amidine groups is 1. The van der Waals surface area contributed by atoms with Crippen LogP contribution < -0.4 is 10.6 Å². The molecule has 2 heterocycles. The van der Waals surface area contributed by atoms with Gasteiger partial charge in [0.2, 0.25) is 5.95 Å². The first-order valence-corrected chi connectivity index (χ1v) is 6.59. The SMILES string of the molecule is Cc1cc(/C(N)=N/O)nc(N2CCC(C)C(C)C2)n1. The molecule has 1 aromatic heterocycles. The number of nitrogens with zero attached hydrogens (tertiary/aromatic N) is 4. The highest BCUT2D eigenvalue weighted by Gasteiger charge is 2.24. The zero-order valence-electron chi connectivity index (χ0n) is 11.7. The minimum absolute atomic E-state index is 0.0187. The zero-order chi connectivity index (χ0) is 14.0. The predicted octanol–water partition coefficient (Wildman–Crippen LogP) is 1.36. The van der Waals surface area contributed by atoms with Crippen LogP contribution in [-0.4, -0.2) is 34.1 Å². The molecule has 0 radical (unpaired) electrons. The third-order valence-electron chi connectivity index (χ3n) is 3.83. The van der Waals surface area contributed by atoms with Crippen molar-refractivity contribution in [3.05, 3.63) is 17.5 Å². The van der Waals surface area contributed by atoms with Crippen LogP contribution in [0.15, 0.2) is 11.2 Å². The van der Waals surface area contributed by atoms with E-state index in [1.165, 1.54) is 0 Å². The molecule has 6 nitrogen and oxygen atoms in total. The Labute approximate surface area is 113 Å². The van der Waals surface area contributed by atoms with E-state index < -0.39 is 0 Å². The van der Waals surface area contributed by atoms with Crippen molar-refractivity contribution in [3.8, 4) is 0 Å². The van der Waals surface area contributed by atoms with E-state index in [0.29, 0.717) is 17.6 Å². The van der Waals surface area contributed by atoms with Crippen molar-refractivity contribution >= 4 is 11.8 Å². The molecular weight excluding hydrogens is 242 g/mol. The van der Waals surface area contributed by atoms with Gasteiger partial charge < -0.3 is 15.8 Å². The highest BCUT2D eigenvalue weighted by atomic mass is 16.4. The lowest BCUT2D eigenvalue weighted by molar-refractivity contribution is 0.318. The topological polar surface area (TPSA) is 87.6 Å². The third kappa shape index (κ3) is 2.94. The quantitative estimate of drug-likeness (QED) is 0.364. The average Bonchev–Trinajstić information content (AvgIpc) is 2.40. The standard InChI is InChI=1S/C13H21N5O/c1-8-4-5-18(7-9(8)2)13-15-10(3)6-11(16-13)12(14)17-19/h6,8-9,19H,4-5,7H2,1-3H3,(H2,14,17). The normalized spacial score (nSPS) is 24.6. The molecule has 3 N–H and O–H groups in total. The van der Waals surface area contributed by atoms with Crippen molar-refractivity contribution in [2.45, 2.75) is 27.2 Å². The van der Waals surface area contributed by atoms with Gasteiger partial charge in [-0.15, -0.1) is 0 Å². The summed E-state index contributed by atoms with van der Waals surface area (Å²) in [6.45, 7) is 8.30. The number of aromatic nitrogens is 2. The molecule has 6 heteroatoms. The largest absolute Gasteiger partial charge is 0.409 e. The average molecular weight is 263 g/mol. The van der Waals surface area contributed by atoms with Crippen molar-refractivity contribution < 1.29 is 5.21 Å². The maximum atomic E-state index is 8.75. The van der Waals surface area contributed by atoms with Gasteiger partial charge in [-0.05, 0) is 31.2 Å². The van der Waals surface area contributed by atoms with Gasteiger partial charge in [-0.2, -0.15) is 0 Å². The number of aryl methyl sites for hydroxylation is 1. The van der Waals surface area contributed by atoms with E-state index in [2.05, 4.69) is 33.9 Å². The molecule has 1 fully saturated rings. The molecule has 0 amide bonds. The number of oxime groups is 1. The molecule has 2 rings (SSSR count). The molecule has 0 aliphatic carbocycles. The Kier molecular flexibility index (Phi) is 3.87. The van der Waals surface area contributed by atoms with Gasteiger partial charge in [0.1, 0.15) is 5.69 Å². The van der Waals surface area contributed by atoms with Crippen molar-refractivity contribution in [2.75, 3.05) is 18.0 Å². The van der Waals surface area contributed by atoms with Gasteiger partial charge in [0.25, 0.3) is 0 Å². The van der Waals surface area contributed by atoms with Crippen molar-refractivity contribution in [1.29, 1.82) is 0 Å². The Bertz CT molecular complexity index is 488. The number of hydrogen-bond donors (Lipinski definition) is 2. The number of piperidine rings is 1. The molecule has 2 atom stereocenters. The van der Waals surface area contributed by atoms with Gasteiger partial charge in [-0.3, -0.25) is 0 Å². The Balaban J connectivity index is 2.27. The summed E-state index contributed by atoms with van der Waals surface area (Å²) >= 11 is 0. The first-order chi connectivity index (χ1) is 9.01. The van der Waals surface area contributed by atoms with Crippen molar-refractivity contribution in [2.24, 2.45) is 22.7 Å². The van der Waals surface area contributed by atoms with Crippen LogP contribution in [0.5, 0.6) is 0 Å². The van der Waals surface area contributed by atoms with Gasteiger partial charge in [-0.25, -0.2) is 9.97 Å². The number of nitrogens with two attached hydrogens (primary N) is 1. The smallest absolute Gasteiger partial charge is 0.226 e. The molecule has 0 saturated carbocycles. The van der Waals surface area contributed by atoms with Gasteiger partial charge in [-0.1, -0.05) is 19.0 Å². The molecule has 19 heavy (non-hydrogen) atoms. The lowest BCUT2D eigenvalue weighted by Crippen LogP contribution is -2.39. The Morgan fingerprint density at radius 1 is 1.42 bits per heavy atom. The molecule has 0 aromatic carbocycles. The first kappa shape index (κ1) is 13.6. The fourth-order valence-corrected chi connectivity index (χ4v) is 2.32. The lowest BCUT2D eigenvalue weighted by atomic mass is 9.89. The van der Waals surface area contributed by atoms with Crippen LogP contribution in [0.2, 0.25) is 0 Å². The highest BCUT2D eigenvalue weighted by Crippen LogP contribution is 2.25. The van der Waals surface area contributed by atoms with Crippen molar-refractivity contribution in [3.63, 3.8) is 0 Å². The second-order valence-corrected chi connectivity index (χ2v) is 5.37.